The molecule has 8 heteroatoms. The molecule has 4 aromatic rings. The largest absolute Gasteiger partial charge is 0.478 e. The molecule has 0 spiro atoms. The van der Waals surface area contributed by atoms with Crippen LogP contribution in [0.4, 0.5) is 4.39 Å². The lowest BCUT2D eigenvalue weighted by molar-refractivity contribution is 0.0692. The molecule has 0 amide bonds. The van der Waals surface area contributed by atoms with E-state index in [1.54, 1.807) is 50.2 Å². The van der Waals surface area contributed by atoms with Crippen LogP contribution in [0, 0.1) is 19.7 Å². The van der Waals surface area contributed by atoms with Crippen molar-refractivity contribution in [2.45, 2.75) is 20.1 Å². The van der Waals surface area contributed by atoms with Crippen molar-refractivity contribution in [3.8, 4) is 5.69 Å². The number of para-hydroxylation sites is 1. The van der Waals surface area contributed by atoms with Crippen molar-refractivity contribution in [2.24, 2.45) is 0 Å². The van der Waals surface area contributed by atoms with Crippen LogP contribution < -0.4 is 5.69 Å². The number of fused-ring (bicyclic) bond motifs is 1. The molecule has 4 rings (SSSR count). The zero-order valence-corrected chi connectivity index (χ0v) is 17.4. The molecule has 0 saturated carbocycles. The molecule has 0 aliphatic carbocycles. The molecule has 6 nitrogen and oxygen atoms in total. The number of nitrogens with zero attached hydrogens (tertiary/aromatic N) is 2. The summed E-state index contributed by atoms with van der Waals surface area (Å²) in [5, 5.41) is 20.6. The predicted molar refractivity (Wildman–Crippen MR) is 116 cm³/mol. The lowest BCUT2D eigenvalue weighted by atomic mass is 10.1. The van der Waals surface area contributed by atoms with Gasteiger partial charge in [-0.3, -0.25) is 9.13 Å². The molecule has 1 atom stereocenters. The van der Waals surface area contributed by atoms with Gasteiger partial charge in [-0.15, -0.1) is 0 Å². The van der Waals surface area contributed by atoms with Crippen molar-refractivity contribution >= 4 is 28.6 Å². The van der Waals surface area contributed by atoms with Crippen LogP contribution in [0.1, 0.15) is 33.3 Å². The molecule has 0 fully saturated rings. The van der Waals surface area contributed by atoms with Gasteiger partial charge in [0.1, 0.15) is 5.82 Å². The van der Waals surface area contributed by atoms with E-state index >= 15 is 0 Å². The number of aliphatic hydroxyl groups is 1. The molecule has 0 aliphatic rings. The maximum absolute atomic E-state index is 14.4. The van der Waals surface area contributed by atoms with Gasteiger partial charge in [0.2, 0.25) is 0 Å². The first-order chi connectivity index (χ1) is 14.7. The Morgan fingerprint density at radius 2 is 1.74 bits per heavy atom. The van der Waals surface area contributed by atoms with E-state index < -0.39 is 29.3 Å². The Hall–Kier alpha value is -3.42. The Labute approximate surface area is 181 Å². The van der Waals surface area contributed by atoms with Gasteiger partial charge in [0.25, 0.3) is 0 Å². The summed E-state index contributed by atoms with van der Waals surface area (Å²) in [6.07, 6.45) is -1.38. The molecule has 158 valence electrons. The summed E-state index contributed by atoms with van der Waals surface area (Å²) < 4.78 is 16.8. The van der Waals surface area contributed by atoms with E-state index in [1.165, 1.54) is 15.2 Å². The Morgan fingerprint density at radius 3 is 2.39 bits per heavy atom. The van der Waals surface area contributed by atoms with Crippen molar-refractivity contribution in [3.05, 3.63) is 98.2 Å². The minimum atomic E-state index is -1.40. The van der Waals surface area contributed by atoms with Gasteiger partial charge in [-0.25, -0.2) is 14.0 Å². The highest BCUT2D eigenvalue weighted by atomic mass is 35.5. The molecule has 2 N–H and O–H groups in total. The maximum atomic E-state index is 14.4. The van der Waals surface area contributed by atoms with Crippen LogP contribution >= 0.6 is 11.6 Å². The van der Waals surface area contributed by atoms with Gasteiger partial charge >= 0.3 is 11.7 Å². The van der Waals surface area contributed by atoms with E-state index in [0.717, 1.165) is 17.7 Å². The molecule has 1 unspecified atom stereocenters. The summed E-state index contributed by atoms with van der Waals surface area (Å²) in [6, 6.07) is 13.8. The second-order valence-corrected chi connectivity index (χ2v) is 7.65. The highest BCUT2D eigenvalue weighted by Crippen LogP contribution is 2.31. The van der Waals surface area contributed by atoms with E-state index in [-0.39, 0.29) is 5.69 Å². The van der Waals surface area contributed by atoms with Gasteiger partial charge < -0.3 is 10.2 Å². The van der Waals surface area contributed by atoms with Crippen LogP contribution in [0.25, 0.3) is 16.7 Å². The lowest BCUT2D eigenvalue weighted by Crippen LogP contribution is -2.28. The zero-order chi connectivity index (χ0) is 22.4. The van der Waals surface area contributed by atoms with Gasteiger partial charge in [-0.1, -0.05) is 35.9 Å². The molecule has 1 heterocycles. The minimum absolute atomic E-state index is 0.143. The monoisotopic (exact) mass is 440 g/mol. The quantitative estimate of drug-likeness (QED) is 0.491. The average molecular weight is 441 g/mol. The number of aromatic carboxylic acids is 1. The van der Waals surface area contributed by atoms with E-state index in [9.17, 15) is 19.1 Å². The number of halogens is 2. The fraction of sp³-hybridized carbons (Fsp3) is 0.130. The van der Waals surface area contributed by atoms with E-state index in [1.807, 2.05) is 0 Å². The first-order valence-corrected chi connectivity index (χ1v) is 9.79. The average Bonchev–Trinajstić information content (AvgIpc) is 3.00. The number of benzene rings is 3. The number of carboxylic acid groups (broad SMARTS) is 1. The number of carboxylic acids is 1. The maximum Gasteiger partial charge on any atom is 0.338 e. The number of imidazole rings is 1. The Balaban J connectivity index is 2.04. The normalized spacial score (nSPS) is 12.3. The van der Waals surface area contributed by atoms with Gasteiger partial charge in [0.15, 0.2) is 6.23 Å². The highest BCUT2D eigenvalue weighted by Gasteiger charge is 2.25. The number of hydrogen-bond acceptors (Lipinski definition) is 3. The van der Waals surface area contributed by atoms with Gasteiger partial charge in [-0.05, 0) is 55.3 Å². The first kappa shape index (κ1) is 20.8. The van der Waals surface area contributed by atoms with Crippen molar-refractivity contribution in [3.63, 3.8) is 0 Å². The molecule has 3 aromatic carbocycles. The van der Waals surface area contributed by atoms with E-state index in [2.05, 4.69) is 0 Å². The Kier molecular flexibility index (Phi) is 5.16. The number of aromatic nitrogens is 2. The third-order valence-corrected chi connectivity index (χ3v) is 5.64. The molecular weight excluding hydrogens is 423 g/mol. The summed E-state index contributed by atoms with van der Waals surface area (Å²) in [4.78, 5) is 24.6. The van der Waals surface area contributed by atoms with Crippen LogP contribution in [0.5, 0.6) is 0 Å². The van der Waals surface area contributed by atoms with Crippen molar-refractivity contribution in [1.82, 2.24) is 9.13 Å². The SMILES string of the molecule is Cc1cccc(Cl)c1C(O)n1c(=O)n(-c2ccc(C(=O)O)c(F)c2)c2cccc(C)c21. The molecule has 1 aromatic heterocycles. The summed E-state index contributed by atoms with van der Waals surface area (Å²) in [5.41, 5.74) is 1.75. The van der Waals surface area contributed by atoms with E-state index in [4.69, 9.17) is 16.7 Å². The van der Waals surface area contributed by atoms with Gasteiger partial charge in [0.05, 0.1) is 22.3 Å². The topological polar surface area (TPSA) is 84.5 Å². The summed E-state index contributed by atoms with van der Waals surface area (Å²) in [7, 11) is 0. The number of carbonyl (C=O) groups is 1. The minimum Gasteiger partial charge on any atom is -0.478 e. The second kappa shape index (κ2) is 7.68. The second-order valence-electron chi connectivity index (χ2n) is 7.24. The molecule has 0 radical (unpaired) electrons. The van der Waals surface area contributed by atoms with Gasteiger partial charge in [-0.2, -0.15) is 0 Å². The molecular formula is C23H18ClFN2O4. The smallest absolute Gasteiger partial charge is 0.338 e. The lowest BCUT2D eigenvalue weighted by Gasteiger charge is -2.17. The fourth-order valence-electron chi connectivity index (χ4n) is 3.84. The first-order valence-electron chi connectivity index (χ1n) is 9.41. The third-order valence-electron chi connectivity index (χ3n) is 5.31. The van der Waals surface area contributed by atoms with Gasteiger partial charge in [0, 0.05) is 10.6 Å². The zero-order valence-electron chi connectivity index (χ0n) is 16.6. The number of hydrogen-bond donors (Lipinski definition) is 2. The molecule has 31 heavy (non-hydrogen) atoms. The number of aliphatic hydroxyl groups excluding tert-OH is 1. The predicted octanol–water partition coefficient (Wildman–Crippen LogP) is 4.44. The molecule has 0 bridgehead atoms. The summed E-state index contributed by atoms with van der Waals surface area (Å²) in [6.45, 7) is 3.57. The molecule has 0 aliphatic heterocycles. The van der Waals surface area contributed by atoms with Crippen molar-refractivity contribution in [2.75, 3.05) is 0 Å². The van der Waals surface area contributed by atoms with Crippen LogP contribution in [0.2, 0.25) is 5.02 Å². The highest BCUT2D eigenvalue weighted by molar-refractivity contribution is 6.31. The summed E-state index contributed by atoms with van der Waals surface area (Å²) >= 11 is 6.32. The Morgan fingerprint density at radius 1 is 1.06 bits per heavy atom. The standard InChI is InChI=1S/C23H18ClFN2O4/c1-12-5-3-7-16(24)19(12)21(28)27-20-13(2)6-4-8-18(20)26(23(27)31)14-9-10-15(22(29)30)17(25)11-14/h3-11,21,28H,1-2H3,(H,29,30). The van der Waals surface area contributed by atoms with Crippen LogP contribution in [-0.4, -0.2) is 25.3 Å². The van der Waals surface area contributed by atoms with Crippen LogP contribution in [0.3, 0.4) is 0 Å². The van der Waals surface area contributed by atoms with Crippen molar-refractivity contribution in [1.29, 1.82) is 0 Å². The number of rotatable bonds is 4. The number of aryl methyl sites for hydroxylation is 2. The fourth-order valence-corrected chi connectivity index (χ4v) is 4.16. The van der Waals surface area contributed by atoms with Crippen LogP contribution in [-0.2, 0) is 0 Å². The van der Waals surface area contributed by atoms with Crippen molar-refractivity contribution < 1.29 is 19.4 Å². The third kappa shape index (κ3) is 3.32. The summed E-state index contributed by atoms with van der Waals surface area (Å²) in [5.74, 6) is -2.37. The van der Waals surface area contributed by atoms with E-state index in [0.29, 0.717) is 27.2 Å². The van der Waals surface area contributed by atoms with Crippen LogP contribution in [0.15, 0.2) is 59.4 Å². The Bertz CT molecular complexity index is 1390. The molecule has 0 saturated heterocycles.